The number of rotatable bonds is 18. The Hall–Kier alpha value is 1.44. The van der Waals surface area contributed by atoms with E-state index in [0.29, 0.717) is 0 Å². The molecule has 0 saturated carbocycles. The van der Waals surface area contributed by atoms with Crippen LogP contribution in [0, 0.1) is 0 Å². The quantitative estimate of drug-likeness (QED) is 0.0984. The molecule has 0 aliphatic heterocycles. The van der Waals surface area contributed by atoms with E-state index in [2.05, 4.69) is 41.5 Å². The molecule has 0 bridgehead atoms. The molecule has 0 aliphatic rings. The molecule has 166 valence electrons. The van der Waals surface area contributed by atoms with Crippen LogP contribution in [-0.4, -0.2) is 28.7 Å². The van der Waals surface area contributed by atoms with Crippen LogP contribution < -0.4 is 0 Å². The molecule has 0 heterocycles. The molecule has 0 aromatic heterocycles. The van der Waals surface area contributed by atoms with Crippen LogP contribution in [0.4, 0.5) is 0 Å². The molecule has 0 aromatic rings. The van der Waals surface area contributed by atoms with Crippen LogP contribution in [0.3, 0.4) is 0 Å². The summed E-state index contributed by atoms with van der Waals surface area (Å²) in [5.74, 6) is 0. The fourth-order valence-electron chi connectivity index (χ4n) is 3.31. The van der Waals surface area contributed by atoms with E-state index in [0.717, 1.165) is 0 Å². The van der Waals surface area contributed by atoms with Gasteiger partial charge >= 0.3 is 179 Å². The summed E-state index contributed by atoms with van der Waals surface area (Å²) in [6, 6.07) is 0. The Morgan fingerprint density at radius 3 is 0.593 bits per heavy atom. The van der Waals surface area contributed by atoms with Crippen molar-refractivity contribution < 1.29 is 0 Å². The van der Waals surface area contributed by atoms with Crippen LogP contribution in [-0.2, 0) is 13.5 Å². The van der Waals surface area contributed by atoms with Crippen molar-refractivity contribution in [1.82, 2.24) is 0 Å². The molecule has 0 aromatic carbocycles. The Kier molecular flexibility index (Phi) is 36.3. The first-order valence-corrected chi connectivity index (χ1v) is 21.3. The molecule has 0 saturated heterocycles. The molecule has 3 heteroatoms. The summed E-state index contributed by atoms with van der Waals surface area (Å²) < 4.78 is 0. The topological polar surface area (TPSA) is 0 Å². The average Bonchev–Trinajstić information content (AvgIpc) is 2.67. The first-order chi connectivity index (χ1) is 12.7. The zero-order chi connectivity index (χ0) is 19.9. The Morgan fingerprint density at radius 1 is 0.333 bits per heavy atom. The molecule has 0 amide bonds. The predicted molar refractivity (Wildman–Crippen MR) is 139 cm³/mol. The fourth-order valence-corrected chi connectivity index (χ4v) is 17.2. The van der Waals surface area contributed by atoms with Gasteiger partial charge in [-0.05, 0) is 0 Å². The molecule has 0 N–H and O–H groups in total. The van der Waals surface area contributed by atoms with Crippen LogP contribution in [0.5, 0.6) is 0 Å². The molecule has 0 fully saturated rings. The standard InChI is InChI=1S/2C12H27Ge.H2S/c2*1-4-7-10-13(11-8-5-2)12-9-6-3;/h2*4-12H2,1-3H3;1H2/p-1. The summed E-state index contributed by atoms with van der Waals surface area (Å²) in [6.07, 6.45) is 17.6. The van der Waals surface area contributed by atoms with Crippen molar-refractivity contribution in [3.63, 3.8) is 0 Å². The summed E-state index contributed by atoms with van der Waals surface area (Å²) in [5, 5.41) is 9.90. The Balaban J connectivity index is -0.000000411. The average molecular weight is 521 g/mol. The van der Waals surface area contributed by atoms with Gasteiger partial charge in [0, 0.05) is 0 Å². The number of hydrogen-bond acceptors (Lipinski definition) is 1. The molecule has 0 rings (SSSR count). The van der Waals surface area contributed by atoms with Gasteiger partial charge in [0.05, 0.1) is 0 Å². The maximum Gasteiger partial charge on any atom is -0.813 e. The summed E-state index contributed by atoms with van der Waals surface area (Å²) in [7, 11) is 0. The molecule has 2 radical (unpaired) electrons. The van der Waals surface area contributed by atoms with Crippen LogP contribution >= 0.6 is 0 Å². The second-order valence-electron chi connectivity index (χ2n) is 8.12. The SMILES string of the molecule is CCC[CH2][Ge]([CH2]CCC)[CH2]CCC.CCC[CH2][Ge]([CH2]CCC)[CH2]CCC.[SH-]. The third-order valence-electron chi connectivity index (χ3n) is 5.30. The molecule has 0 nitrogen and oxygen atoms in total. The minimum Gasteiger partial charge on any atom is -0.813 e. The van der Waals surface area contributed by atoms with Crippen molar-refractivity contribution in [1.29, 1.82) is 0 Å². The van der Waals surface area contributed by atoms with Crippen molar-refractivity contribution in [2.75, 3.05) is 0 Å². The predicted octanol–water partition coefficient (Wildman–Crippen LogP) is 9.49. The zero-order valence-corrected chi connectivity index (χ0v) is 25.3. The van der Waals surface area contributed by atoms with E-state index in [9.17, 15) is 0 Å². The van der Waals surface area contributed by atoms with Gasteiger partial charge in [0.2, 0.25) is 0 Å². The third kappa shape index (κ3) is 27.4. The van der Waals surface area contributed by atoms with Gasteiger partial charge in [-0.2, -0.15) is 0 Å². The van der Waals surface area contributed by atoms with Crippen molar-refractivity contribution >= 4 is 42.2 Å². The normalized spacial score (nSPS) is 10.7. The van der Waals surface area contributed by atoms with E-state index < -0.39 is 28.7 Å². The van der Waals surface area contributed by atoms with E-state index in [1.807, 2.05) is 0 Å². The first-order valence-electron chi connectivity index (χ1n) is 12.4. The largest absolute Gasteiger partial charge is 0.813 e. The monoisotopic (exact) mass is 523 g/mol. The van der Waals surface area contributed by atoms with E-state index in [1.165, 1.54) is 77.0 Å². The van der Waals surface area contributed by atoms with Crippen molar-refractivity contribution in [2.45, 2.75) is 150 Å². The van der Waals surface area contributed by atoms with E-state index in [1.54, 1.807) is 31.5 Å². The summed E-state index contributed by atoms with van der Waals surface area (Å²) >= 11 is -1.10. The van der Waals surface area contributed by atoms with E-state index in [-0.39, 0.29) is 13.5 Å². The van der Waals surface area contributed by atoms with Gasteiger partial charge in [0.25, 0.3) is 0 Å². The molecule has 27 heavy (non-hydrogen) atoms. The Labute approximate surface area is 191 Å². The van der Waals surface area contributed by atoms with Gasteiger partial charge in [0.15, 0.2) is 0 Å². The van der Waals surface area contributed by atoms with Gasteiger partial charge in [-0.15, -0.1) is 0 Å². The van der Waals surface area contributed by atoms with Crippen molar-refractivity contribution in [2.24, 2.45) is 0 Å². The minimum absolute atomic E-state index is 0. The fraction of sp³-hybridized carbons (Fsp3) is 1.00. The molecule has 0 unspecified atom stereocenters. The second-order valence-corrected chi connectivity index (χ2v) is 20.7. The number of hydrogen-bond donors (Lipinski definition) is 0. The molecule has 0 atom stereocenters. The second kappa shape index (κ2) is 29.6. The maximum absolute atomic E-state index is 2.33. The summed E-state index contributed by atoms with van der Waals surface area (Å²) in [6.45, 7) is 14.0. The van der Waals surface area contributed by atoms with E-state index >= 15 is 0 Å². The van der Waals surface area contributed by atoms with Gasteiger partial charge in [-0.1, -0.05) is 0 Å². The smallest absolute Gasteiger partial charge is 0.813 e. The Bertz CT molecular complexity index is 174. The zero-order valence-electron chi connectivity index (χ0n) is 20.2. The van der Waals surface area contributed by atoms with Crippen molar-refractivity contribution in [3.8, 4) is 0 Å². The minimum atomic E-state index is -0.552. The molecule has 0 spiro atoms. The van der Waals surface area contributed by atoms with Gasteiger partial charge in [-0.25, -0.2) is 0 Å². The van der Waals surface area contributed by atoms with Gasteiger partial charge < -0.3 is 13.5 Å². The van der Waals surface area contributed by atoms with E-state index in [4.69, 9.17) is 0 Å². The van der Waals surface area contributed by atoms with Crippen LogP contribution in [0.15, 0.2) is 0 Å². The number of unbranched alkanes of at least 4 members (excludes halogenated alkanes) is 6. The first kappa shape index (κ1) is 33.1. The maximum atomic E-state index is 2.33. The molecular formula is C24H55Ge2S-. The molecular weight excluding hydrogens is 466 g/mol. The van der Waals surface area contributed by atoms with Crippen molar-refractivity contribution in [3.05, 3.63) is 0 Å². The third-order valence-corrected chi connectivity index (χ3v) is 18.7. The number of thiol groups is 1. The summed E-state index contributed by atoms with van der Waals surface area (Å²) in [5.41, 5.74) is 0. The van der Waals surface area contributed by atoms with Crippen LogP contribution in [0.25, 0.3) is 0 Å². The van der Waals surface area contributed by atoms with Gasteiger partial charge in [0.1, 0.15) is 0 Å². The summed E-state index contributed by atoms with van der Waals surface area (Å²) in [4.78, 5) is 0. The Morgan fingerprint density at radius 2 is 0.481 bits per heavy atom. The van der Waals surface area contributed by atoms with Crippen LogP contribution in [0.2, 0.25) is 31.5 Å². The van der Waals surface area contributed by atoms with Crippen LogP contribution in [0.1, 0.15) is 119 Å². The molecule has 0 aliphatic carbocycles. The van der Waals surface area contributed by atoms with Gasteiger partial charge in [-0.3, -0.25) is 0 Å².